The van der Waals surface area contributed by atoms with E-state index >= 15 is 0 Å². The van der Waals surface area contributed by atoms with E-state index in [-0.39, 0.29) is 16.5 Å². The van der Waals surface area contributed by atoms with Gasteiger partial charge in [0.2, 0.25) is 0 Å². The fraction of sp³-hybridized carbons (Fsp3) is 0.231. The molecule has 1 heterocycles. The second-order valence-electron chi connectivity index (χ2n) is 4.41. The first-order valence-electron chi connectivity index (χ1n) is 5.67. The lowest BCUT2D eigenvalue weighted by atomic mass is 10.0. The van der Waals surface area contributed by atoms with Gasteiger partial charge in [-0.05, 0) is 30.7 Å². The smallest absolute Gasteiger partial charge is 0.407 e. The van der Waals surface area contributed by atoms with Crippen molar-refractivity contribution < 1.29 is 23.1 Å². The molecule has 0 unspecified atom stereocenters. The molecule has 1 aromatic heterocycles. The Morgan fingerprint density at radius 3 is 2.55 bits per heavy atom. The molecular formula is C13H11F3N2O2. The van der Waals surface area contributed by atoms with Gasteiger partial charge in [-0.15, -0.1) is 0 Å². The number of alkyl halides is 3. The minimum absolute atomic E-state index is 0.0938. The number of halogens is 3. The Kier molecular flexibility index (Phi) is 3.39. The van der Waals surface area contributed by atoms with Crippen LogP contribution in [0.4, 0.5) is 13.2 Å². The maximum Gasteiger partial charge on any atom is 0.407 e. The minimum atomic E-state index is -4.59. The summed E-state index contributed by atoms with van der Waals surface area (Å²) in [5.41, 5.74) is 5.63. The molecule has 0 saturated heterocycles. The summed E-state index contributed by atoms with van der Waals surface area (Å²) in [6, 6.07) is 2.83. The van der Waals surface area contributed by atoms with E-state index in [1.165, 1.54) is 18.2 Å². The molecule has 20 heavy (non-hydrogen) atoms. The monoisotopic (exact) mass is 284 g/mol. The first-order valence-corrected chi connectivity index (χ1v) is 5.67. The number of fused-ring (bicyclic) bond motifs is 1. The lowest BCUT2D eigenvalue weighted by molar-refractivity contribution is -0.149. The van der Waals surface area contributed by atoms with Gasteiger partial charge in [0, 0.05) is 11.1 Å². The molecule has 1 aromatic carbocycles. The Morgan fingerprint density at radius 2 is 2.00 bits per heavy atom. The van der Waals surface area contributed by atoms with Gasteiger partial charge >= 0.3 is 12.1 Å². The summed E-state index contributed by atoms with van der Waals surface area (Å²) in [6.07, 6.45) is -4.59. The largest absolute Gasteiger partial charge is 0.478 e. The number of nitrogens with zero attached hydrogens (tertiary/aromatic N) is 1. The summed E-state index contributed by atoms with van der Waals surface area (Å²) in [4.78, 5) is 15.3. The van der Waals surface area contributed by atoms with Crippen LogP contribution in [0, 0.1) is 6.92 Å². The van der Waals surface area contributed by atoms with Crippen molar-refractivity contribution in [3.63, 3.8) is 0 Å². The molecule has 0 saturated carbocycles. The second-order valence-corrected chi connectivity index (χ2v) is 4.41. The molecule has 0 aliphatic carbocycles. The number of hydrogen-bond acceptors (Lipinski definition) is 3. The van der Waals surface area contributed by atoms with Gasteiger partial charge in [0.25, 0.3) is 0 Å². The van der Waals surface area contributed by atoms with Gasteiger partial charge in [0.05, 0.1) is 11.1 Å². The Hall–Kier alpha value is -2.15. The van der Waals surface area contributed by atoms with E-state index in [1.807, 2.05) is 0 Å². The number of benzene rings is 1. The van der Waals surface area contributed by atoms with Crippen molar-refractivity contribution in [3.8, 4) is 0 Å². The quantitative estimate of drug-likeness (QED) is 0.889. The van der Waals surface area contributed by atoms with Crippen molar-refractivity contribution in [3.05, 3.63) is 41.1 Å². The summed E-state index contributed by atoms with van der Waals surface area (Å²) in [5.74, 6) is -1.22. The van der Waals surface area contributed by atoms with Crippen molar-refractivity contribution >= 4 is 16.9 Å². The van der Waals surface area contributed by atoms with Crippen LogP contribution in [0.15, 0.2) is 24.3 Å². The van der Waals surface area contributed by atoms with Gasteiger partial charge < -0.3 is 10.8 Å². The van der Waals surface area contributed by atoms with Crippen molar-refractivity contribution in [2.24, 2.45) is 5.73 Å². The number of aromatic nitrogens is 1. The molecule has 0 bridgehead atoms. The third-order valence-corrected chi connectivity index (χ3v) is 2.90. The summed E-state index contributed by atoms with van der Waals surface area (Å²) in [5, 5.41) is 9.25. The van der Waals surface area contributed by atoms with Gasteiger partial charge in [-0.3, -0.25) is 4.98 Å². The molecule has 2 rings (SSSR count). The number of aromatic carboxylic acids is 1. The number of nitrogens with two attached hydrogens (primary N) is 1. The first kappa shape index (κ1) is 14.3. The average Bonchev–Trinajstić information content (AvgIpc) is 2.35. The van der Waals surface area contributed by atoms with Crippen molar-refractivity contribution in [2.45, 2.75) is 19.1 Å². The van der Waals surface area contributed by atoms with E-state index in [2.05, 4.69) is 4.98 Å². The average molecular weight is 284 g/mol. The van der Waals surface area contributed by atoms with Crippen LogP contribution in [0.2, 0.25) is 0 Å². The van der Waals surface area contributed by atoms with Crippen molar-refractivity contribution in [1.29, 1.82) is 0 Å². The molecule has 0 spiro atoms. The summed E-state index contributed by atoms with van der Waals surface area (Å²) in [6.45, 7) is 1.61. The number of pyridine rings is 1. The molecule has 0 radical (unpaired) electrons. The Bertz CT molecular complexity index is 683. The first-order chi connectivity index (χ1) is 9.20. The van der Waals surface area contributed by atoms with Gasteiger partial charge in [0.1, 0.15) is 6.04 Å². The number of carboxylic acid groups (broad SMARTS) is 1. The zero-order valence-electron chi connectivity index (χ0n) is 10.4. The summed E-state index contributed by atoms with van der Waals surface area (Å²) < 4.78 is 37.8. The van der Waals surface area contributed by atoms with Crippen LogP contribution in [0.25, 0.3) is 10.9 Å². The van der Waals surface area contributed by atoms with Crippen LogP contribution in [0.3, 0.4) is 0 Å². The Labute approximate surface area is 112 Å². The van der Waals surface area contributed by atoms with Gasteiger partial charge in [-0.25, -0.2) is 4.79 Å². The predicted octanol–water partition coefficient (Wildman–Crippen LogP) is 2.80. The zero-order chi connectivity index (χ0) is 15.1. The Balaban J connectivity index is 2.67. The van der Waals surface area contributed by atoms with Gasteiger partial charge in [0.15, 0.2) is 0 Å². The zero-order valence-corrected chi connectivity index (χ0v) is 10.4. The van der Waals surface area contributed by atoms with Crippen LogP contribution in [0.5, 0.6) is 0 Å². The second kappa shape index (κ2) is 4.75. The van der Waals surface area contributed by atoms with Crippen LogP contribution < -0.4 is 5.73 Å². The SMILES string of the molecule is Cc1cc(C(=O)O)c2cc([C@H](N)C(F)(F)F)ccc2n1. The van der Waals surface area contributed by atoms with Crippen LogP contribution in [-0.2, 0) is 0 Å². The third-order valence-electron chi connectivity index (χ3n) is 2.90. The van der Waals surface area contributed by atoms with E-state index in [0.29, 0.717) is 11.2 Å². The molecule has 0 fully saturated rings. The number of carbonyl (C=O) groups is 1. The number of hydrogen-bond donors (Lipinski definition) is 2. The molecule has 106 valence electrons. The number of carboxylic acids is 1. The van der Waals surface area contributed by atoms with Crippen molar-refractivity contribution in [1.82, 2.24) is 4.98 Å². The van der Waals surface area contributed by atoms with E-state index in [0.717, 1.165) is 6.07 Å². The fourth-order valence-corrected chi connectivity index (χ4v) is 1.94. The molecule has 7 heteroatoms. The standard InChI is InChI=1S/C13H11F3N2O2/c1-6-4-9(12(19)20)8-5-7(2-3-10(8)18-6)11(17)13(14,15)16/h2-5,11H,17H2,1H3,(H,19,20)/t11-/m0/s1. The molecule has 0 amide bonds. The lowest BCUT2D eigenvalue weighted by Crippen LogP contribution is -2.28. The predicted molar refractivity (Wildman–Crippen MR) is 66.4 cm³/mol. The van der Waals surface area contributed by atoms with Crippen LogP contribution >= 0.6 is 0 Å². The van der Waals surface area contributed by atoms with E-state index in [9.17, 15) is 18.0 Å². The van der Waals surface area contributed by atoms with E-state index in [4.69, 9.17) is 10.8 Å². The third kappa shape index (κ3) is 2.57. The van der Waals surface area contributed by atoms with E-state index < -0.39 is 18.2 Å². The van der Waals surface area contributed by atoms with E-state index in [1.54, 1.807) is 6.92 Å². The Morgan fingerprint density at radius 1 is 1.35 bits per heavy atom. The molecule has 3 N–H and O–H groups in total. The van der Waals surface area contributed by atoms with Gasteiger partial charge in [-0.1, -0.05) is 6.07 Å². The molecule has 0 aliphatic heterocycles. The topological polar surface area (TPSA) is 76.2 Å². The molecule has 1 atom stereocenters. The highest BCUT2D eigenvalue weighted by atomic mass is 19.4. The lowest BCUT2D eigenvalue weighted by Gasteiger charge is -2.16. The molecule has 4 nitrogen and oxygen atoms in total. The highest BCUT2D eigenvalue weighted by Crippen LogP contribution is 2.32. The van der Waals surface area contributed by atoms with Crippen molar-refractivity contribution in [2.75, 3.05) is 0 Å². The highest BCUT2D eigenvalue weighted by Gasteiger charge is 2.38. The van der Waals surface area contributed by atoms with Crippen LogP contribution in [-0.4, -0.2) is 22.2 Å². The highest BCUT2D eigenvalue weighted by molar-refractivity contribution is 6.02. The number of rotatable bonds is 2. The molecule has 2 aromatic rings. The summed E-state index contributed by atoms with van der Waals surface area (Å²) in [7, 11) is 0. The fourth-order valence-electron chi connectivity index (χ4n) is 1.94. The minimum Gasteiger partial charge on any atom is -0.478 e. The molecule has 0 aliphatic rings. The molecular weight excluding hydrogens is 273 g/mol. The van der Waals surface area contributed by atoms with Crippen LogP contribution in [0.1, 0.15) is 27.7 Å². The summed E-state index contributed by atoms with van der Waals surface area (Å²) >= 11 is 0. The number of aryl methyl sites for hydroxylation is 1. The maximum absolute atomic E-state index is 12.6. The maximum atomic E-state index is 12.6. The van der Waals surface area contributed by atoms with Gasteiger partial charge in [-0.2, -0.15) is 13.2 Å². The normalized spacial score (nSPS) is 13.4.